The fourth-order valence-electron chi connectivity index (χ4n) is 2.69. The van der Waals surface area contributed by atoms with Gasteiger partial charge in [-0.25, -0.2) is 17.5 Å². The minimum atomic E-state index is -3.92. The van der Waals surface area contributed by atoms with Crippen molar-refractivity contribution >= 4 is 31.9 Å². The van der Waals surface area contributed by atoms with Crippen molar-refractivity contribution < 1.29 is 22.7 Å². The summed E-state index contributed by atoms with van der Waals surface area (Å²) in [5.74, 6) is -1.60. The summed E-state index contributed by atoms with van der Waals surface area (Å²) < 4.78 is 40.6. The molecular weight excluding hydrogens is 365 g/mol. The molecule has 0 radical (unpaired) electrons. The lowest BCUT2D eigenvalue weighted by molar-refractivity contribution is -0.138. The van der Waals surface area contributed by atoms with Gasteiger partial charge in [0.15, 0.2) is 0 Å². The summed E-state index contributed by atoms with van der Waals surface area (Å²) in [7, 11) is -3.92. The predicted octanol–water partition coefficient (Wildman–Crippen LogP) is 2.65. The second-order valence-electron chi connectivity index (χ2n) is 5.24. The lowest BCUT2D eigenvalue weighted by Gasteiger charge is -2.28. The number of benzene rings is 1. The molecule has 2 N–H and O–H groups in total. The molecule has 0 spiro atoms. The number of carboxylic acid groups (broad SMARTS) is 1. The Kier molecular flexibility index (Phi) is 4.69. The van der Waals surface area contributed by atoms with Gasteiger partial charge < -0.3 is 5.11 Å². The molecule has 0 aromatic heterocycles. The highest BCUT2D eigenvalue weighted by Crippen LogP contribution is 2.35. The number of carbonyl (C=O) groups is 1. The van der Waals surface area contributed by atoms with Crippen LogP contribution in [-0.2, 0) is 14.8 Å². The van der Waals surface area contributed by atoms with Gasteiger partial charge >= 0.3 is 5.97 Å². The Morgan fingerprint density at radius 3 is 2.52 bits per heavy atom. The first-order chi connectivity index (χ1) is 9.74. The second kappa shape index (κ2) is 6.02. The molecule has 0 bridgehead atoms. The monoisotopic (exact) mass is 379 g/mol. The molecule has 0 amide bonds. The maximum atomic E-state index is 13.1. The van der Waals surface area contributed by atoms with E-state index in [1.807, 2.05) is 0 Å². The van der Waals surface area contributed by atoms with Gasteiger partial charge in [0.25, 0.3) is 0 Å². The number of rotatable bonds is 5. The molecule has 116 valence electrons. The fourth-order valence-corrected chi connectivity index (χ4v) is 5.20. The van der Waals surface area contributed by atoms with Gasteiger partial charge in [0.05, 0.1) is 11.3 Å². The molecule has 1 aromatic carbocycles. The molecule has 21 heavy (non-hydrogen) atoms. The molecule has 0 atom stereocenters. The smallest absolute Gasteiger partial charge is 0.305 e. The van der Waals surface area contributed by atoms with Crippen molar-refractivity contribution in [1.29, 1.82) is 0 Å². The number of aliphatic carboxylic acids is 1. The summed E-state index contributed by atoms with van der Waals surface area (Å²) in [6.07, 6.45) is 2.26. The summed E-state index contributed by atoms with van der Waals surface area (Å²) in [6.45, 7) is 0. The normalized spacial score (nSPS) is 17.8. The van der Waals surface area contributed by atoms with Crippen LogP contribution in [-0.4, -0.2) is 25.0 Å². The zero-order valence-electron chi connectivity index (χ0n) is 11.1. The molecule has 8 heteroatoms. The Hall–Kier alpha value is -0.990. The van der Waals surface area contributed by atoms with E-state index in [2.05, 4.69) is 20.7 Å². The van der Waals surface area contributed by atoms with Crippen LogP contribution in [0, 0.1) is 5.82 Å². The SMILES string of the molecule is O=C(O)CC1(NS(=O)(=O)c2ccc(F)cc2Br)CCCC1. The largest absolute Gasteiger partial charge is 0.481 e. The number of nitrogens with one attached hydrogen (secondary N) is 1. The maximum absolute atomic E-state index is 13.1. The van der Waals surface area contributed by atoms with Crippen LogP contribution in [0.1, 0.15) is 32.1 Å². The van der Waals surface area contributed by atoms with Crippen LogP contribution >= 0.6 is 15.9 Å². The van der Waals surface area contributed by atoms with E-state index in [1.54, 1.807) is 0 Å². The lowest BCUT2D eigenvalue weighted by atomic mass is 9.95. The van der Waals surface area contributed by atoms with E-state index in [9.17, 15) is 17.6 Å². The average molecular weight is 380 g/mol. The van der Waals surface area contributed by atoms with Crippen LogP contribution < -0.4 is 4.72 Å². The Balaban J connectivity index is 2.32. The number of hydrogen-bond donors (Lipinski definition) is 2. The number of carboxylic acids is 1. The van der Waals surface area contributed by atoms with Crippen molar-refractivity contribution in [3.05, 3.63) is 28.5 Å². The molecular formula is C13H15BrFNO4S. The first-order valence-corrected chi connectivity index (χ1v) is 8.73. The molecule has 0 aliphatic heterocycles. The number of sulfonamides is 1. The van der Waals surface area contributed by atoms with E-state index < -0.39 is 27.3 Å². The van der Waals surface area contributed by atoms with E-state index in [-0.39, 0.29) is 15.8 Å². The summed E-state index contributed by atoms with van der Waals surface area (Å²) in [5, 5.41) is 9.00. The Morgan fingerprint density at radius 2 is 2.00 bits per heavy atom. The van der Waals surface area contributed by atoms with Crippen LogP contribution in [0.25, 0.3) is 0 Å². The van der Waals surface area contributed by atoms with Gasteiger partial charge in [0.1, 0.15) is 5.82 Å². The number of halogens is 2. The van der Waals surface area contributed by atoms with Crippen LogP contribution in [0.3, 0.4) is 0 Å². The summed E-state index contributed by atoms with van der Waals surface area (Å²) in [6, 6.07) is 3.27. The first kappa shape index (κ1) is 16.4. The third kappa shape index (κ3) is 3.81. The lowest BCUT2D eigenvalue weighted by Crippen LogP contribution is -2.47. The van der Waals surface area contributed by atoms with Crippen molar-refractivity contribution in [1.82, 2.24) is 4.72 Å². The van der Waals surface area contributed by atoms with Gasteiger partial charge in [-0.2, -0.15) is 0 Å². The van der Waals surface area contributed by atoms with Crippen molar-refractivity contribution in [2.75, 3.05) is 0 Å². The molecule has 0 saturated heterocycles. The average Bonchev–Trinajstić information content (AvgIpc) is 2.74. The van der Waals surface area contributed by atoms with Gasteiger partial charge in [-0.05, 0) is 47.0 Å². The van der Waals surface area contributed by atoms with Gasteiger partial charge in [0.2, 0.25) is 10.0 Å². The molecule has 1 aromatic rings. The topological polar surface area (TPSA) is 83.5 Å². The summed E-state index contributed by atoms with van der Waals surface area (Å²) >= 11 is 3.03. The highest BCUT2D eigenvalue weighted by atomic mass is 79.9. The van der Waals surface area contributed by atoms with E-state index in [1.165, 1.54) is 0 Å². The summed E-state index contributed by atoms with van der Waals surface area (Å²) in [5.41, 5.74) is -0.960. The third-order valence-corrected chi connectivity index (χ3v) is 6.14. The Morgan fingerprint density at radius 1 is 1.38 bits per heavy atom. The van der Waals surface area contributed by atoms with Crippen LogP contribution in [0.5, 0.6) is 0 Å². The van der Waals surface area contributed by atoms with Gasteiger partial charge in [-0.3, -0.25) is 4.79 Å². The maximum Gasteiger partial charge on any atom is 0.305 e. The predicted molar refractivity (Wildman–Crippen MR) is 77.9 cm³/mol. The molecule has 1 aliphatic carbocycles. The highest BCUT2D eigenvalue weighted by Gasteiger charge is 2.40. The van der Waals surface area contributed by atoms with Crippen LogP contribution in [0.15, 0.2) is 27.6 Å². The second-order valence-corrected chi connectivity index (χ2v) is 7.74. The molecule has 1 saturated carbocycles. The zero-order valence-corrected chi connectivity index (χ0v) is 13.5. The van der Waals surface area contributed by atoms with Crippen molar-refractivity contribution in [2.45, 2.75) is 42.5 Å². The summed E-state index contributed by atoms with van der Waals surface area (Å²) in [4.78, 5) is 10.9. The fraction of sp³-hybridized carbons (Fsp3) is 0.462. The molecule has 2 rings (SSSR count). The Bertz CT molecular complexity index is 656. The zero-order chi connectivity index (χ0) is 15.7. The van der Waals surface area contributed by atoms with E-state index in [0.717, 1.165) is 31.0 Å². The molecule has 5 nitrogen and oxygen atoms in total. The standard InChI is InChI=1S/C13H15BrFNO4S/c14-10-7-9(15)3-4-11(10)21(19,20)16-13(8-12(17)18)5-1-2-6-13/h3-4,7,16H,1-2,5-6,8H2,(H,17,18). The van der Waals surface area contributed by atoms with Gasteiger partial charge in [-0.15, -0.1) is 0 Å². The van der Waals surface area contributed by atoms with Crippen LogP contribution in [0.2, 0.25) is 0 Å². The molecule has 0 heterocycles. The van der Waals surface area contributed by atoms with Gasteiger partial charge in [-0.1, -0.05) is 12.8 Å². The first-order valence-electron chi connectivity index (χ1n) is 6.45. The molecule has 0 unspecified atom stereocenters. The minimum absolute atomic E-state index is 0.0967. The highest BCUT2D eigenvalue weighted by molar-refractivity contribution is 9.10. The van der Waals surface area contributed by atoms with E-state index in [0.29, 0.717) is 12.8 Å². The van der Waals surface area contributed by atoms with Crippen molar-refractivity contribution in [3.63, 3.8) is 0 Å². The van der Waals surface area contributed by atoms with E-state index >= 15 is 0 Å². The third-order valence-electron chi connectivity index (χ3n) is 3.58. The van der Waals surface area contributed by atoms with Crippen LogP contribution in [0.4, 0.5) is 4.39 Å². The molecule has 1 fully saturated rings. The molecule has 1 aliphatic rings. The van der Waals surface area contributed by atoms with Crippen molar-refractivity contribution in [3.8, 4) is 0 Å². The number of hydrogen-bond acceptors (Lipinski definition) is 3. The van der Waals surface area contributed by atoms with Gasteiger partial charge in [0, 0.05) is 10.0 Å². The minimum Gasteiger partial charge on any atom is -0.481 e. The quantitative estimate of drug-likeness (QED) is 0.823. The van der Waals surface area contributed by atoms with E-state index in [4.69, 9.17) is 5.11 Å². The van der Waals surface area contributed by atoms with Crippen molar-refractivity contribution in [2.24, 2.45) is 0 Å². The Labute approximate surface area is 130 Å².